The molecule has 1 aromatic rings. The molecule has 0 atom stereocenters. The second-order valence-corrected chi connectivity index (χ2v) is 3.67. The number of rotatable bonds is 1. The number of halogens is 3. The Morgan fingerprint density at radius 3 is 2.42 bits per heavy atom. The molecule has 64 valence electrons. The first-order chi connectivity index (χ1) is 5.54. The van der Waals surface area contributed by atoms with E-state index in [0.717, 1.165) is 6.07 Å². The molecule has 0 spiro atoms. The van der Waals surface area contributed by atoms with Gasteiger partial charge in [0, 0.05) is 8.95 Å². The number of carboxylic acid groups (broad SMARTS) is 1. The normalized spacial score (nSPS) is 9.92. The summed E-state index contributed by atoms with van der Waals surface area (Å²) in [7, 11) is 0. The fraction of sp³-hybridized carbons (Fsp3) is 0. The SMILES string of the molecule is O=C(O)c1c(F)ccc(Br)c1Br. The highest BCUT2D eigenvalue weighted by atomic mass is 79.9. The molecule has 0 radical (unpaired) electrons. The van der Waals surface area contributed by atoms with Gasteiger partial charge in [0.25, 0.3) is 0 Å². The van der Waals surface area contributed by atoms with Crippen molar-refractivity contribution >= 4 is 37.8 Å². The molecule has 0 fully saturated rings. The molecule has 2 nitrogen and oxygen atoms in total. The summed E-state index contributed by atoms with van der Waals surface area (Å²) in [5.74, 6) is -2.04. The summed E-state index contributed by atoms with van der Waals surface area (Å²) >= 11 is 6.04. The second-order valence-electron chi connectivity index (χ2n) is 2.02. The fourth-order valence-electron chi connectivity index (χ4n) is 0.723. The maximum atomic E-state index is 12.8. The monoisotopic (exact) mass is 296 g/mol. The maximum Gasteiger partial charge on any atom is 0.339 e. The Balaban J connectivity index is 3.43. The highest BCUT2D eigenvalue weighted by Crippen LogP contribution is 2.28. The molecule has 1 N–H and O–H groups in total. The maximum absolute atomic E-state index is 12.8. The summed E-state index contributed by atoms with van der Waals surface area (Å²) in [5, 5.41) is 8.58. The van der Waals surface area contributed by atoms with Gasteiger partial charge in [-0.1, -0.05) is 0 Å². The molecule has 0 aliphatic heterocycles. The van der Waals surface area contributed by atoms with Gasteiger partial charge in [0.15, 0.2) is 0 Å². The van der Waals surface area contributed by atoms with Crippen molar-refractivity contribution in [1.29, 1.82) is 0 Å². The summed E-state index contributed by atoms with van der Waals surface area (Å²) in [6.07, 6.45) is 0. The number of aromatic carboxylic acids is 1. The van der Waals surface area contributed by atoms with E-state index in [-0.39, 0.29) is 10.0 Å². The van der Waals surface area contributed by atoms with Gasteiger partial charge < -0.3 is 5.11 Å². The molecular formula is C7H3Br2FO2. The minimum absolute atomic E-state index is 0.218. The topological polar surface area (TPSA) is 37.3 Å². The Labute approximate surface area is 84.7 Å². The zero-order valence-corrected chi connectivity index (χ0v) is 8.82. The van der Waals surface area contributed by atoms with Crippen LogP contribution in [0.4, 0.5) is 4.39 Å². The van der Waals surface area contributed by atoms with Gasteiger partial charge in [-0.25, -0.2) is 9.18 Å². The number of carbonyl (C=O) groups is 1. The summed E-state index contributed by atoms with van der Waals surface area (Å²) in [6, 6.07) is 2.53. The molecule has 1 aromatic carbocycles. The van der Waals surface area contributed by atoms with Crippen molar-refractivity contribution in [2.45, 2.75) is 0 Å². The Hall–Kier alpha value is -0.420. The molecule has 0 saturated carbocycles. The quantitative estimate of drug-likeness (QED) is 0.809. The molecule has 12 heavy (non-hydrogen) atoms. The first kappa shape index (κ1) is 9.67. The molecule has 0 amide bonds. The molecule has 0 bridgehead atoms. The molecule has 0 aliphatic carbocycles. The van der Waals surface area contributed by atoms with Crippen molar-refractivity contribution < 1.29 is 14.3 Å². The first-order valence-corrected chi connectivity index (χ1v) is 4.49. The minimum Gasteiger partial charge on any atom is -0.478 e. The van der Waals surface area contributed by atoms with E-state index < -0.39 is 11.8 Å². The van der Waals surface area contributed by atoms with Crippen LogP contribution < -0.4 is 0 Å². The van der Waals surface area contributed by atoms with Gasteiger partial charge in [0.1, 0.15) is 11.4 Å². The number of benzene rings is 1. The van der Waals surface area contributed by atoms with E-state index in [2.05, 4.69) is 31.9 Å². The van der Waals surface area contributed by atoms with E-state index in [9.17, 15) is 9.18 Å². The van der Waals surface area contributed by atoms with Crippen molar-refractivity contribution in [2.24, 2.45) is 0 Å². The lowest BCUT2D eigenvalue weighted by molar-refractivity contribution is 0.0690. The minimum atomic E-state index is -1.29. The third kappa shape index (κ3) is 1.67. The summed E-state index contributed by atoms with van der Waals surface area (Å²) in [5.41, 5.74) is -0.357. The van der Waals surface area contributed by atoms with Gasteiger partial charge in [-0.15, -0.1) is 0 Å². The molecule has 1 rings (SSSR count). The average molecular weight is 298 g/mol. The van der Waals surface area contributed by atoms with E-state index in [1.54, 1.807) is 0 Å². The van der Waals surface area contributed by atoms with Crippen LogP contribution in [-0.4, -0.2) is 11.1 Å². The van der Waals surface area contributed by atoms with Crippen LogP contribution >= 0.6 is 31.9 Å². The summed E-state index contributed by atoms with van der Waals surface area (Å²) in [4.78, 5) is 10.5. The first-order valence-electron chi connectivity index (χ1n) is 2.91. The molecule has 0 aliphatic rings. The van der Waals surface area contributed by atoms with Crippen LogP contribution in [0.5, 0.6) is 0 Å². The predicted octanol–water partition coefficient (Wildman–Crippen LogP) is 3.05. The highest BCUT2D eigenvalue weighted by molar-refractivity contribution is 9.13. The lowest BCUT2D eigenvalue weighted by Crippen LogP contribution is -2.01. The Morgan fingerprint density at radius 1 is 1.42 bits per heavy atom. The van der Waals surface area contributed by atoms with E-state index in [1.807, 2.05) is 0 Å². The molecular weight excluding hydrogens is 295 g/mol. The lowest BCUT2D eigenvalue weighted by atomic mass is 10.2. The van der Waals surface area contributed by atoms with Crippen LogP contribution in [0.3, 0.4) is 0 Å². The van der Waals surface area contributed by atoms with Crippen LogP contribution in [0.25, 0.3) is 0 Å². The van der Waals surface area contributed by atoms with Crippen LogP contribution in [0.1, 0.15) is 10.4 Å². The van der Waals surface area contributed by atoms with Gasteiger partial charge >= 0.3 is 5.97 Å². The van der Waals surface area contributed by atoms with Crippen molar-refractivity contribution in [3.8, 4) is 0 Å². The fourth-order valence-corrected chi connectivity index (χ4v) is 1.54. The third-order valence-electron chi connectivity index (χ3n) is 1.26. The largest absolute Gasteiger partial charge is 0.478 e. The van der Waals surface area contributed by atoms with Crippen molar-refractivity contribution in [2.75, 3.05) is 0 Å². The van der Waals surface area contributed by atoms with E-state index in [0.29, 0.717) is 4.47 Å². The van der Waals surface area contributed by atoms with Crippen LogP contribution in [-0.2, 0) is 0 Å². The predicted molar refractivity (Wildman–Crippen MR) is 48.8 cm³/mol. The average Bonchev–Trinajstić information content (AvgIpc) is 1.97. The van der Waals surface area contributed by atoms with Crippen molar-refractivity contribution in [3.63, 3.8) is 0 Å². The Bertz CT molecular complexity index is 338. The molecule has 0 saturated heterocycles. The number of carboxylic acids is 1. The van der Waals surface area contributed by atoms with Crippen LogP contribution in [0.15, 0.2) is 21.1 Å². The Kier molecular flexibility index (Phi) is 2.85. The van der Waals surface area contributed by atoms with Crippen molar-refractivity contribution in [1.82, 2.24) is 0 Å². The third-order valence-corrected chi connectivity index (χ3v) is 3.27. The summed E-state index contributed by atoms with van der Waals surface area (Å²) in [6.45, 7) is 0. The zero-order chi connectivity index (χ0) is 9.30. The van der Waals surface area contributed by atoms with Crippen LogP contribution in [0.2, 0.25) is 0 Å². The molecule has 5 heteroatoms. The van der Waals surface area contributed by atoms with Crippen molar-refractivity contribution in [3.05, 3.63) is 32.5 Å². The van der Waals surface area contributed by atoms with Gasteiger partial charge in [-0.3, -0.25) is 0 Å². The highest BCUT2D eigenvalue weighted by Gasteiger charge is 2.16. The van der Waals surface area contributed by atoms with Gasteiger partial charge in [0.2, 0.25) is 0 Å². The standard InChI is InChI=1S/C7H3Br2FO2/c8-3-1-2-4(10)5(6(3)9)7(11)12/h1-2H,(H,11,12). The summed E-state index contributed by atoms with van der Waals surface area (Å²) < 4.78 is 13.6. The smallest absolute Gasteiger partial charge is 0.339 e. The van der Waals surface area contributed by atoms with E-state index in [1.165, 1.54) is 6.07 Å². The number of hydrogen-bond donors (Lipinski definition) is 1. The van der Waals surface area contributed by atoms with Gasteiger partial charge in [0.05, 0.1) is 0 Å². The second kappa shape index (κ2) is 3.53. The van der Waals surface area contributed by atoms with Gasteiger partial charge in [-0.2, -0.15) is 0 Å². The molecule has 0 aromatic heterocycles. The lowest BCUT2D eigenvalue weighted by Gasteiger charge is -2.01. The Morgan fingerprint density at radius 2 is 2.00 bits per heavy atom. The van der Waals surface area contributed by atoms with Gasteiger partial charge in [-0.05, 0) is 44.0 Å². The van der Waals surface area contributed by atoms with E-state index >= 15 is 0 Å². The molecule has 0 unspecified atom stereocenters. The number of hydrogen-bond acceptors (Lipinski definition) is 1. The zero-order valence-electron chi connectivity index (χ0n) is 5.64. The molecule has 0 heterocycles. The van der Waals surface area contributed by atoms with E-state index in [4.69, 9.17) is 5.11 Å². The van der Waals surface area contributed by atoms with Crippen LogP contribution in [0, 0.1) is 5.82 Å².